The zero-order valence-corrected chi connectivity index (χ0v) is 8.83. The van der Waals surface area contributed by atoms with E-state index in [0.29, 0.717) is 6.42 Å². The summed E-state index contributed by atoms with van der Waals surface area (Å²) in [6.07, 6.45) is 4.73. The van der Waals surface area contributed by atoms with Gasteiger partial charge in [0.2, 0.25) is 0 Å². The van der Waals surface area contributed by atoms with Crippen LogP contribution in [-0.2, 0) is 0 Å². The van der Waals surface area contributed by atoms with E-state index in [-0.39, 0.29) is 0 Å². The van der Waals surface area contributed by atoms with E-state index in [4.69, 9.17) is 5.26 Å². The van der Waals surface area contributed by atoms with E-state index in [9.17, 15) is 0 Å². The Bertz CT molecular complexity index is 311. The highest BCUT2D eigenvalue weighted by Crippen LogP contribution is 2.18. The summed E-state index contributed by atoms with van der Waals surface area (Å²) in [6, 6.07) is 12.4. The molecule has 0 radical (unpaired) electrons. The predicted molar refractivity (Wildman–Crippen MR) is 60.9 cm³/mol. The number of hydrogen-bond donors (Lipinski definition) is 0. The molecule has 0 aliphatic heterocycles. The van der Waals surface area contributed by atoms with E-state index in [1.807, 2.05) is 18.2 Å². The second kappa shape index (κ2) is 7.23. The summed E-state index contributed by atoms with van der Waals surface area (Å²) in [6.45, 7) is 0. The van der Waals surface area contributed by atoms with Gasteiger partial charge in [-0.05, 0) is 30.4 Å². The van der Waals surface area contributed by atoms with Crippen LogP contribution in [0.2, 0.25) is 0 Å². The van der Waals surface area contributed by atoms with Crippen LogP contribution in [0.15, 0.2) is 46.7 Å². The molecule has 0 N–H and O–H groups in total. The highest BCUT2D eigenvalue weighted by molar-refractivity contribution is 8.02. The third-order valence-electron chi connectivity index (χ3n) is 1.70. The summed E-state index contributed by atoms with van der Waals surface area (Å²) in [5, 5.41) is 10.4. The fourth-order valence-corrected chi connectivity index (χ4v) is 1.70. The van der Waals surface area contributed by atoms with Gasteiger partial charge in [-0.15, -0.1) is 0 Å². The molecule has 1 nitrogen and oxygen atoms in total. The van der Waals surface area contributed by atoms with Crippen molar-refractivity contribution >= 4 is 11.8 Å². The molecule has 0 saturated carbocycles. The van der Waals surface area contributed by atoms with Crippen LogP contribution >= 0.6 is 11.8 Å². The average molecular weight is 203 g/mol. The van der Waals surface area contributed by atoms with Gasteiger partial charge in [0, 0.05) is 11.3 Å². The third-order valence-corrected chi connectivity index (χ3v) is 2.58. The molecule has 1 aromatic carbocycles. The minimum atomic E-state index is 0.653. The van der Waals surface area contributed by atoms with Crippen molar-refractivity contribution < 1.29 is 0 Å². The maximum Gasteiger partial charge on any atom is 0.0621 e. The molecule has 0 saturated heterocycles. The Hall–Kier alpha value is -1.20. The number of unbranched alkanes of at least 4 members (excludes halogenated alkanes) is 2. The van der Waals surface area contributed by atoms with Crippen molar-refractivity contribution in [1.82, 2.24) is 0 Å². The normalized spacial score (nSPS) is 10.2. The van der Waals surface area contributed by atoms with Gasteiger partial charge in [0.25, 0.3) is 0 Å². The van der Waals surface area contributed by atoms with E-state index in [0.717, 1.165) is 12.8 Å². The first-order valence-corrected chi connectivity index (χ1v) is 5.55. The molecule has 1 aromatic rings. The lowest BCUT2D eigenvalue weighted by Crippen LogP contribution is -1.68. The Morgan fingerprint density at radius 3 is 2.79 bits per heavy atom. The summed E-state index contributed by atoms with van der Waals surface area (Å²) >= 11 is 1.71. The van der Waals surface area contributed by atoms with E-state index >= 15 is 0 Å². The maximum atomic E-state index is 8.32. The highest BCUT2D eigenvalue weighted by atomic mass is 32.2. The van der Waals surface area contributed by atoms with Gasteiger partial charge < -0.3 is 0 Å². The Morgan fingerprint density at radius 2 is 2.07 bits per heavy atom. The van der Waals surface area contributed by atoms with Crippen LogP contribution in [0.25, 0.3) is 0 Å². The average Bonchev–Trinajstić information content (AvgIpc) is 2.25. The molecule has 0 aromatic heterocycles. The summed E-state index contributed by atoms with van der Waals surface area (Å²) in [7, 11) is 0. The Kier molecular flexibility index (Phi) is 5.62. The van der Waals surface area contributed by atoms with Crippen LogP contribution < -0.4 is 0 Å². The van der Waals surface area contributed by atoms with Crippen LogP contribution in [0.3, 0.4) is 0 Å². The molecule has 0 unspecified atom stereocenters. The van der Waals surface area contributed by atoms with Crippen LogP contribution in [0.1, 0.15) is 19.3 Å². The van der Waals surface area contributed by atoms with Gasteiger partial charge in [-0.1, -0.05) is 36.0 Å². The van der Waals surface area contributed by atoms with Crippen molar-refractivity contribution in [1.29, 1.82) is 5.26 Å². The number of benzene rings is 1. The second-order valence-electron chi connectivity index (χ2n) is 2.85. The van der Waals surface area contributed by atoms with Gasteiger partial charge >= 0.3 is 0 Å². The van der Waals surface area contributed by atoms with Crippen LogP contribution in [0, 0.1) is 11.3 Å². The SMILES string of the molecule is N#CCCC/C=C\Sc1ccccc1. The van der Waals surface area contributed by atoms with E-state index < -0.39 is 0 Å². The largest absolute Gasteiger partial charge is 0.198 e. The number of thioether (sulfide) groups is 1. The molecular formula is C12H13NS. The zero-order chi connectivity index (χ0) is 10.1. The standard InChI is InChI=1S/C12H13NS/c13-10-6-1-2-7-11-14-12-8-4-3-5-9-12/h3-5,7-9,11H,1-2,6H2/b11-7-. The molecule has 1 rings (SSSR count). The van der Waals surface area contributed by atoms with Crippen molar-refractivity contribution in [2.45, 2.75) is 24.2 Å². The highest BCUT2D eigenvalue weighted by Gasteiger charge is 1.86. The van der Waals surface area contributed by atoms with Crippen molar-refractivity contribution in [3.05, 3.63) is 41.8 Å². The summed E-state index contributed by atoms with van der Waals surface area (Å²) < 4.78 is 0. The predicted octanol–water partition coefficient (Wildman–Crippen LogP) is 3.99. The van der Waals surface area contributed by atoms with Gasteiger partial charge in [-0.3, -0.25) is 0 Å². The van der Waals surface area contributed by atoms with E-state index in [2.05, 4.69) is 29.7 Å². The van der Waals surface area contributed by atoms with Gasteiger partial charge in [-0.25, -0.2) is 0 Å². The van der Waals surface area contributed by atoms with E-state index in [1.54, 1.807) is 11.8 Å². The first-order chi connectivity index (χ1) is 6.93. The van der Waals surface area contributed by atoms with Gasteiger partial charge in [0.15, 0.2) is 0 Å². The first-order valence-electron chi connectivity index (χ1n) is 4.67. The molecule has 0 atom stereocenters. The topological polar surface area (TPSA) is 23.8 Å². The van der Waals surface area contributed by atoms with Gasteiger partial charge in [-0.2, -0.15) is 5.26 Å². The molecule has 0 spiro atoms. The van der Waals surface area contributed by atoms with Crippen molar-refractivity contribution in [2.75, 3.05) is 0 Å². The monoisotopic (exact) mass is 203 g/mol. The molecule has 0 fully saturated rings. The molecule has 14 heavy (non-hydrogen) atoms. The van der Waals surface area contributed by atoms with E-state index in [1.165, 1.54) is 4.90 Å². The lowest BCUT2D eigenvalue weighted by atomic mass is 10.2. The molecule has 0 aliphatic carbocycles. The minimum absolute atomic E-state index is 0.653. The van der Waals surface area contributed by atoms with Crippen molar-refractivity contribution in [3.8, 4) is 6.07 Å². The number of nitriles is 1. The van der Waals surface area contributed by atoms with Gasteiger partial charge in [0.05, 0.1) is 6.07 Å². The van der Waals surface area contributed by atoms with Crippen LogP contribution in [0.4, 0.5) is 0 Å². The molecule has 0 aliphatic rings. The molecule has 2 heteroatoms. The fraction of sp³-hybridized carbons (Fsp3) is 0.250. The molecule has 72 valence electrons. The quantitative estimate of drug-likeness (QED) is 0.533. The van der Waals surface area contributed by atoms with Crippen LogP contribution in [0.5, 0.6) is 0 Å². The third kappa shape index (κ3) is 4.74. The van der Waals surface area contributed by atoms with Crippen molar-refractivity contribution in [3.63, 3.8) is 0 Å². The lowest BCUT2D eigenvalue weighted by molar-refractivity contribution is 0.877. The Balaban J connectivity index is 2.18. The number of nitrogens with zero attached hydrogens (tertiary/aromatic N) is 1. The summed E-state index contributed by atoms with van der Waals surface area (Å²) in [4.78, 5) is 1.25. The zero-order valence-electron chi connectivity index (χ0n) is 8.02. The van der Waals surface area contributed by atoms with Crippen LogP contribution in [-0.4, -0.2) is 0 Å². The first kappa shape index (κ1) is 10.9. The summed E-state index contributed by atoms with van der Waals surface area (Å²) in [5.74, 6) is 0. The number of allylic oxidation sites excluding steroid dienone is 1. The molecular weight excluding hydrogens is 190 g/mol. The minimum Gasteiger partial charge on any atom is -0.198 e. The number of hydrogen-bond acceptors (Lipinski definition) is 2. The molecule has 0 amide bonds. The Labute approximate surface area is 89.4 Å². The smallest absolute Gasteiger partial charge is 0.0621 e. The van der Waals surface area contributed by atoms with Crippen molar-refractivity contribution in [2.24, 2.45) is 0 Å². The Morgan fingerprint density at radius 1 is 1.29 bits per heavy atom. The molecule has 0 bridgehead atoms. The lowest BCUT2D eigenvalue weighted by Gasteiger charge is -1.93. The number of rotatable bonds is 5. The second-order valence-corrected chi connectivity index (χ2v) is 3.83. The fourth-order valence-electron chi connectivity index (χ4n) is 0.993. The van der Waals surface area contributed by atoms with Gasteiger partial charge in [0.1, 0.15) is 0 Å². The summed E-state index contributed by atoms with van der Waals surface area (Å²) in [5.41, 5.74) is 0. The molecule has 0 heterocycles. The maximum absolute atomic E-state index is 8.32.